The van der Waals surface area contributed by atoms with Gasteiger partial charge in [-0.1, -0.05) is 43.7 Å². The molecule has 0 saturated heterocycles. The van der Waals surface area contributed by atoms with Gasteiger partial charge >= 0.3 is 12.4 Å². The molecule has 3 aliphatic carbocycles. The van der Waals surface area contributed by atoms with Crippen LogP contribution in [0.4, 0.5) is 26.3 Å². The largest absolute Gasteiger partial charge is 0.430 e. The van der Waals surface area contributed by atoms with E-state index in [1.807, 2.05) is 6.08 Å². The lowest BCUT2D eigenvalue weighted by molar-refractivity contribution is -0.352. The number of alkyl halides is 6. The van der Waals surface area contributed by atoms with Gasteiger partial charge in [0.05, 0.1) is 17.8 Å². The van der Waals surface area contributed by atoms with Crippen molar-refractivity contribution >= 4 is 0 Å². The predicted molar refractivity (Wildman–Crippen MR) is 154 cm³/mol. The van der Waals surface area contributed by atoms with E-state index in [1.54, 1.807) is 13.8 Å². The average molecular weight is 623 g/mol. The molecule has 10 heteroatoms. The third kappa shape index (κ3) is 7.79. The molecule has 3 aliphatic rings. The van der Waals surface area contributed by atoms with Gasteiger partial charge in [0.25, 0.3) is 5.60 Å². The van der Waals surface area contributed by atoms with Crippen LogP contribution >= 0.6 is 0 Å². The Kier molecular flexibility index (Phi) is 10.8. The van der Waals surface area contributed by atoms with Crippen molar-refractivity contribution in [1.29, 1.82) is 0 Å². The summed E-state index contributed by atoms with van der Waals surface area (Å²) in [5, 5.41) is 40.5. The van der Waals surface area contributed by atoms with Crippen LogP contribution in [0.25, 0.3) is 0 Å². The first kappa shape index (κ1) is 35.9. The standard InChI is InChI=1S/C33H48F6O4/c1-20(31(43,32(34,35)36)33(37,38)39)10-11-22(8-6-16-29(3,4)42)26-14-15-27-23(9-7-17-30(26,27)5)12-13-24-18-25(40)19-28(41)21(24)2/h10,12-13,22,25-28,40-43H,2,6-9,11,14-19H2,1,3-5H3/b20-10-,23-12+,24-13-/t22-,25+,26?,27?,28-,30+/m0/s1. The Morgan fingerprint density at radius 3 is 2.26 bits per heavy atom. The van der Waals surface area contributed by atoms with Gasteiger partial charge in [-0.05, 0) is 118 Å². The Morgan fingerprint density at radius 2 is 1.67 bits per heavy atom. The molecule has 4 N–H and O–H groups in total. The zero-order valence-electron chi connectivity index (χ0n) is 25.7. The number of hydrogen-bond acceptors (Lipinski definition) is 4. The Bertz CT molecular complexity index is 1080. The fourth-order valence-corrected chi connectivity index (χ4v) is 7.88. The SMILES string of the molecule is C=C1/C(=C\C=C2/CCC[C@@]3(C)C2CCC3[C@H](C/C=C(/C)C(O)(C(F)(F)F)C(F)(F)F)CCCC(C)(C)O)C[C@@H](O)C[C@@H]1O. The third-order valence-corrected chi connectivity index (χ3v) is 10.4. The number of hydrogen-bond donors (Lipinski definition) is 4. The molecular weight excluding hydrogens is 574 g/mol. The minimum atomic E-state index is -5.92. The lowest BCUT2D eigenvalue weighted by atomic mass is 9.60. The van der Waals surface area contributed by atoms with Gasteiger partial charge in [0.15, 0.2) is 0 Å². The van der Waals surface area contributed by atoms with E-state index >= 15 is 0 Å². The molecule has 0 heterocycles. The van der Waals surface area contributed by atoms with E-state index in [0.717, 1.165) is 43.8 Å². The highest BCUT2D eigenvalue weighted by molar-refractivity contribution is 5.38. The molecule has 0 aliphatic heterocycles. The van der Waals surface area contributed by atoms with Crippen molar-refractivity contribution in [2.45, 2.75) is 134 Å². The molecule has 0 radical (unpaired) electrons. The van der Waals surface area contributed by atoms with Crippen LogP contribution in [-0.2, 0) is 0 Å². The molecule has 0 aromatic rings. The van der Waals surface area contributed by atoms with Gasteiger partial charge in [0.1, 0.15) is 0 Å². The molecular formula is C33H48F6O4. The van der Waals surface area contributed by atoms with Crippen molar-refractivity contribution in [3.63, 3.8) is 0 Å². The molecule has 246 valence electrons. The van der Waals surface area contributed by atoms with E-state index in [1.165, 1.54) is 5.57 Å². The first-order valence-corrected chi connectivity index (χ1v) is 15.3. The van der Waals surface area contributed by atoms with Gasteiger partial charge in [-0.15, -0.1) is 0 Å². The fourth-order valence-electron chi connectivity index (χ4n) is 7.88. The minimum absolute atomic E-state index is 0.0258. The van der Waals surface area contributed by atoms with E-state index in [-0.39, 0.29) is 36.0 Å². The van der Waals surface area contributed by atoms with Crippen molar-refractivity contribution in [1.82, 2.24) is 0 Å². The summed E-state index contributed by atoms with van der Waals surface area (Å²) in [6, 6.07) is 0. The van der Waals surface area contributed by atoms with Gasteiger partial charge in [-0.25, -0.2) is 0 Å². The fraction of sp³-hybridized carbons (Fsp3) is 0.758. The molecule has 4 nitrogen and oxygen atoms in total. The maximum Gasteiger partial charge on any atom is 0.430 e. The summed E-state index contributed by atoms with van der Waals surface area (Å²) >= 11 is 0. The molecule has 3 saturated carbocycles. The topological polar surface area (TPSA) is 80.9 Å². The highest BCUT2D eigenvalue weighted by Crippen LogP contribution is 2.60. The number of fused-ring (bicyclic) bond motifs is 1. The maximum absolute atomic E-state index is 13.5. The monoisotopic (exact) mass is 622 g/mol. The van der Waals surface area contributed by atoms with Gasteiger partial charge in [0, 0.05) is 6.42 Å². The molecule has 0 amide bonds. The zero-order chi connectivity index (χ0) is 32.6. The van der Waals surface area contributed by atoms with Crippen molar-refractivity contribution in [2.75, 3.05) is 0 Å². The molecule has 0 aromatic carbocycles. The third-order valence-electron chi connectivity index (χ3n) is 10.4. The Hall–Kier alpha value is -1.62. The summed E-state index contributed by atoms with van der Waals surface area (Å²) in [7, 11) is 0. The summed E-state index contributed by atoms with van der Waals surface area (Å²) in [6.45, 7) is 10.2. The normalized spacial score (nSPS) is 32.4. The first-order chi connectivity index (χ1) is 19.6. The highest BCUT2D eigenvalue weighted by atomic mass is 19.4. The summed E-state index contributed by atoms with van der Waals surface area (Å²) in [6.07, 6.45) is -2.03. The number of allylic oxidation sites excluding steroid dienone is 4. The molecule has 3 fully saturated rings. The number of halogens is 6. The van der Waals surface area contributed by atoms with Crippen molar-refractivity contribution in [3.05, 3.63) is 47.1 Å². The van der Waals surface area contributed by atoms with Crippen LogP contribution in [0, 0.1) is 23.2 Å². The number of aliphatic hydroxyl groups is 4. The zero-order valence-corrected chi connectivity index (χ0v) is 25.7. The van der Waals surface area contributed by atoms with Crippen LogP contribution in [0.15, 0.2) is 47.1 Å². The van der Waals surface area contributed by atoms with Crippen LogP contribution in [0.5, 0.6) is 0 Å². The van der Waals surface area contributed by atoms with Crippen LogP contribution in [0.1, 0.15) is 98.3 Å². The van der Waals surface area contributed by atoms with E-state index in [9.17, 15) is 46.8 Å². The average Bonchev–Trinajstić information content (AvgIpc) is 3.21. The summed E-state index contributed by atoms with van der Waals surface area (Å²) in [5.41, 5.74) is -4.66. The summed E-state index contributed by atoms with van der Waals surface area (Å²) in [5.74, 6) is -0.0315. The number of rotatable bonds is 9. The van der Waals surface area contributed by atoms with Gasteiger partial charge in [-0.2, -0.15) is 26.3 Å². The molecule has 6 atom stereocenters. The number of aliphatic hydroxyl groups excluding tert-OH is 2. The van der Waals surface area contributed by atoms with E-state index in [0.29, 0.717) is 38.2 Å². The Morgan fingerprint density at radius 1 is 1.05 bits per heavy atom. The van der Waals surface area contributed by atoms with Gasteiger partial charge in [-0.3, -0.25) is 0 Å². The quantitative estimate of drug-likeness (QED) is 0.156. The summed E-state index contributed by atoms with van der Waals surface area (Å²) < 4.78 is 81.2. The molecule has 43 heavy (non-hydrogen) atoms. The molecule has 3 rings (SSSR count). The van der Waals surface area contributed by atoms with Crippen molar-refractivity contribution in [3.8, 4) is 0 Å². The lowest BCUT2D eigenvalue weighted by Gasteiger charge is -2.45. The molecule has 0 spiro atoms. The smallest absolute Gasteiger partial charge is 0.393 e. The van der Waals surface area contributed by atoms with Gasteiger partial charge < -0.3 is 20.4 Å². The highest BCUT2D eigenvalue weighted by Gasteiger charge is 2.71. The van der Waals surface area contributed by atoms with E-state index in [4.69, 9.17) is 0 Å². The molecule has 0 aromatic heterocycles. The van der Waals surface area contributed by atoms with Gasteiger partial charge in [0.2, 0.25) is 0 Å². The second kappa shape index (κ2) is 13.0. The van der Waals surface area contributed by atoms with E-state index < -0.39 is 41.3 Å². The van der Waals surface area contributed by atoms with Crippen LogP contribution in [-0.4, -0.2) is 56.2 Å². The Labute approximate surface area is 251 Å². The lowest BCUT2D eigenvalue weighted by Crippen LogP contribution is -2.57. The minimum Gasteiger partial charge on any atom is -0.393 e. The van der Waals surface area contributed by atoms with E-state index in [2.05, 4.69) is 19.6 Å². The molecule has 0 bridgehead atoms. The second-order valence-electron chi connectivity index (χ2n) is 14.0. The van der Waals surface area contributed by atoms with Crippen molar-refractivity contribution < 1.29 is 46.8 Å². The second-order valence-corrected chi connectivity index (χ2v) is 14.0. The van der Waals surface area contributed by atoms with Crippen molar-refractivity contribution in [2.24, 2.45) is 23.2 Å². The van der Waals surface area contributed by atoms with Crippen LogP contribution < -0.4 is 0 Å². The summed E-state index contributed by atoms with van der Waals surface area (Å²) in [4.78, 5) is 0. The maximum atomic E-state index is 13.5. The van der Waals surface area contributed by atoms with Crippen LogP contribution in [0.2, 0.25) is 0 Å². The Balaban J connectivity index is 1.91. The predicted octanol–water partition coefficient (Wildman–Crippen LogP) is 7.88. The molecule has 2 unspecified atom stereocenters. The van der Waals surface area contributed by atoms with Crippen LogP contribution in [0.3, 0.4) is 0 Å². The first-order valence-electron chi connectivity index (χ1n) is 15.3.